The summed E-state index contributed by atoms with van der Waals surface area (Å²) >= 11 is 0. The minimum atomic E-state index is 0.0477. The highest BCUT2D eigenvalue weighted by atomic mass is 16.3. The molecule has 0 saturated heterocycles. The maximum Gasteiger partial charge on any atom is 0.226 e. The van der Waals surface area contributed by atoms with E-state index in [1.807, 2.05) is 36.6 Å². The van der Waals surface area contributed by atoms with Crippen LogP contribution in [0.25, 0.3) is 0 Å². The van der Waals surface area contributed by atoms with Crippen LogP contribution in [0.1, 0.15) is 24.6 Å². The molecule has 2 atom stereocenters. The largest absolute Gasteiger partial charge is 0.508 e. The number of aryl methyl sites for hydroxylation is 1. The van der Waals surface area contributed by atoms with Gasteiger partial charge in [0.25, 0.3) is 0 Å². The highest BCUT2D eigenvalue weighted by molar-refractivity contribution is 5.79. The third-order valence-electron chi connectivity index (χ3n) is 4.80. The Kier molecular flexibility index (Phi) is 4.37. The average molecular weight is 313 g/mol. The van der Waals surface area contributed by atoms with Gasteiger partial charge in [-0.2, -0.15) is 0 Å². The summed E-state index contributed by atoms with van der Waals surface area (Å²) in [6.07, 6.45) is 6.13. The first-order chi connectivity index (χ1) is 11.0. The fourth-order valence-corrected chi connectivity index (χ4v) is 3.19. The van der Waals surface area contributed by atoms with E-state index in [4.69, 9.17) is 0 Å². The van der Waals surface area contributed by atoms with Crippen LogP contribution in [0, 0.1) is 5.92 Å². The van der Waals surface area contributed by atoms with Crippen molar-refractivity contribution >= 4 is 5.91 Å². The second-order valence-electron chi connectivity index (χ2n) is 6.44. The van der Waals surface area contributed by atoms with Crippen LogP contribution in [0.15, 0.2) is 36.8 Å². The first-order valence-electron chi connectivity index (χ1n) is 8.08. The molecule has 5 nitrogen and oxygen atoms in total. The zero-order chi connectivity index (χ0) is 16.4. The van der Waals surface area contributed by atoms with Crippen LogP contribution in [0.4, 0.5) is 0 Å². The van der Waals surface area contributed by atoms with Gasteiger partial charge in [0.05, 0.1) is 6.33 Å². The molecule has 0 unspecified atom stereocenters. The fraction of sp³-hybridized carbons (Fsp3) is 0.444. The summed E-state index contributed by atoms with van der Waals surface area (Å²) in [6.45, 7) is 2.93. The number of hydrogen-bond acceptors (Lipinski definition) is 3. The fourth-order valence-electron chi connectivity index (χ4n) is 3.19. The summed E-state index contributed by atoms with van der Waals surface area (Å²) in [4.78, 5) is 18.8. The van der Waals surface area contributed by atoms with E-state index < -0.39 is 0 Å². The molecule has 0 spiro atoms. The van der Waals surface area contributed by atoms with Crippen molar-refractivity contribution in [2.75, 3.05) is 7.05 Å². The zero-order valence-electron chi connectivity index (χ0n) is 13.6. The molecule has 0 aliphatic carbocycles. The summed E-state index contributed by atoms with van der Waals surface area (Å²) in [5.41, 5.74) is 2.27. The molecule has 1 aromatic carbocycles. The van der Waals surface area contributed by atoms with Crippen LogP contribution >= 0.6 is 0 Å². The summed E-state index contributed by atoms with van der Waals surface area (Å²) in [5.74, 6) is 0.528. The Morgan fingerprint density at radius 1 is 1.43 bits per heavy atom. The third-order valence-corrected chi connectivity index (χ3v) is 4.80. The van der Waals surface area contributed by atoms with E-state index in [9.17, 15) is 9.90 Å². The van der Waals surface area contributed by atoms with Gasteiger partial charge < -0.3 is 14.6 Å². The van der Waals surface area contributed by atoms with E-state index in [0.29, 0.717) is 0 Å². The SMILES string of the molecule is C[C@@H](Cc1ccc(O)cc1)N(C)C(=O)[C@H]1CCn2cncc2C1. The van der Waals surface area contributed by atoms with Crippen molar-refractivity contribution in [3.05, 3.63) is 48.0 Å². The quantitative estimate of drug-likeness (QED) is 0.942. The van der Waals surface area contributed by atoms with Crippen molar-refractivity contribution in [1.29, 1.82) is 0 Å². The number of likely N-dealkylation sites (N-methyl/N-ethyl adjacent to an activating group) is 1. The molecule has 3 rings (SSSR count). The van der Waals surface area contributed by atoms with E-state index in [1.165, 1.54) is 0 Å². The number of phenols is 1. The predicted molar refractivity (Wildman–Crippen MR) is 88.1 cm³/mol. The van der Waals surface area contributed by atoms with Gasteiger partial charge in [-0.3, -0.25) is 4.79 Å². The Balaban J connectivity index is 1.61. The third kappa shape index (κ3) is 3.38. The Labute approximate surface area is 136 Å². The van der Waals surface area contributed by atoms with E-state index >= 15 is 0 Å². The number of phenolic OH excluding ortho intramolecular Hbond substituents is 1. The van der Waals surface area contributed by atoms with Gasteiger partial charge >= 0.3 is 0 Å². The molecule has 1 N–H and O–H groups in total. The van der Waals surface area contributed by atoms with Gasteiger partial charge in [0.2, 0.25) is 5.91 Å². The molecule has 5 heteroatoms. The zero-order valence-corrected chi connectivity index (χ0v) is 13.6. The maximum absolute atomic E-state index is 12.8. The number of fused-ring (bicyclic) bond motifs is 1. The molecule has 2 heterocycles. The molecule has 0 radical (unpaired) electrons. The normalized spacial score (nSPS) is 18.3. The van der Waals surface area contributed by atoms with Crippen LogP contribution in [0.5, 0.6) is 5.75 Å². The molecule has 1 aliphatic heterocycles. The summed E-state index contributed by atoms with van der Waals surface area (Å²) < 4.78 is 2.13. The Morgan fingerprint density at radius 2 is 2.17 bits per heavy atom. The number of rotatable bonds is 4. The second-order valence-corrected chi connectivity index (χ2v) is 6.44. The molecular weight excluding hydrogens is 290 g/mol. The van der Waals surface area contributed by atoms with Gasteiger partial charge in [-0.05, 0) is 37.5 Å². The van der Waals surface area contributed by atoms with Crippen molar-refractivity contribution < 1.29 is 9.90 Å². The number of nitrogens with zero attached hydrogens (tertiary/aromatic N) is 3. The van der Waals surface area contributed by atoms with Gasteiger partial charge in [0, 0.05) is 43.9 Å². The summed E-state index contributed by atoms with van der Waals surface area (Å²) in [7, 11) is 1.89. The molecule has 1 amide bonds. The molecular formula is C18H23N3O2. The number of amides is 1. The van der Waals surface area contributed by atoms with Crippen molar-refractivity contribution in [2.45, 2.75) is 38.8 Å². The van der Waals surface area contributed by atoms with Crippen molar-refractivity contribution in [3.63, 3.8) is 0 Å². The number of carbonyl (C=O) groups excluding carboxylic acids is 1. The monoisotopic (exact) mass is 313 g/mol. The smallest absolute Gasteiger partial charge is 0.226 e. The molecule has 0 bridgehead atoms. The van der Waals surface area contributed by atoms with Crippen molar-refractivity contribution in [1.82, 2.24) is 14.5 Å². The number of hydrogen-bond donors (Lipinski definition) is 1. The van der Waals surface area contributed by atoms with Gasteiger partial charge in [-0.25, -0.2) is 4.98 Å². The van der Waals surface area contributed by atoms with E-state index in [2.05, 4.69) is 16.5 Å². The lowest BCUT2D eigenvalue weighted by Gasteiger charge is -2.31. The molecule has 122 valence electrons. The van der Waals surface area contributed by atoms with Crippen LogP contribution in [0.3, 0.4) is 0 Å². The maximum atomic E-state index is 12.8. The van der Waals surface area contributed by atoms with Gasteiger partial charge in [0.15, 0.2) is 0 Å². The van der Waals surface area contributed by atoms with Crippen LogP contribution in [-0.2, 0) is 24.2 Å². The summed E-state index contributed by atoms with van der Waals surface area (Å²) in [5, 5.41) is 9.35. The predicted octanol–water partition coefficient (Wildman–Crippen LogP) is 2.24. The average Bonchev–Trinajstić information content (AvgIpc) is 3.03. The minimum absolute atomic E-state index is 0.0477. The van der Waals surface area contributed by atoms with Crippen molar-refractivity contribution in [2.24, 2.45) is 5.92 Å². The lowest BCUT2D eigenvalue weighted by molar-refractivity contribution is -0.136. The first-order valence-corrected chi connectivity index (χ1v) is 8.08. The lowest BCUT2D eigenvalue weighted by atomic mass is 9.94. The number of aromatic hydroxyl groups is 1. The summed E-state index contributed by atoms with van der Waals surface area (Å²) in [6, 6.07) is 7.31. The second kappa shape index (κ2) is 6.44. The van der Waals surface area contributed by atoms with Gasteiger partial charge in [-0.1, -0.05) is 12.1 Å². The number of benzene rings is 1. The lowest BCUT2D eigenvalue weighted by Crippen LogP contribution is -2.42. The Morgan fingerprint density at radius 3 is 2.91 bits per heavy atom. The topological polar surface area (TPSA) is 58.4 Å². The molecule has 23 heavy (non-hydrogen) atoms. The molecule has 0 fully saturated rings. The molecule has 1 aliphatic rings. The first kappa shape index (κ1) is 15.6. The highest BCUT2D eigenvalue weighted by Gasteiger charge is 2.28. The van der Waals surface area contributed by atoms with E-state index in [-0.39, 0.29) is 23.6 Å². The van der Waals surface area contributed by atoms with Gasteiger partial charge in [-0.15, -0.1) is 0 Å². The minimum Gasteiger partial charge on any atom is -0.508 e. The number of aromatic nitrogens is 2. The molecule has 2 aromatic rings. The Hall–Kier alpha value is -2.30. The van der Waals surface area contributed by atoms with E-state index in [0.717, 1.165) is 37.1 Å². The standard InChI is InChI=1S/C18H23N3O2/c1-13(9-14-3-5-17(22)6-4-14)20(2)18(23)15-7-8-21-12-19-11-16(21)10-15/h3-6,11-13,15,22H,7-10H2,1-2H3/t13-,15-/m0/s1. The van der Waals surface area contributed by atoms with Crippen LogP contribution < -0.4 is 0 Å². The van der Waals surface area contributed by atoms with E-state index in [1.54, 1.807) is 12.1 Å². The number of imidazole rings is 1. The molecule has 1 aromatic heterocycles. The van der Waals surface area contributed by atoms with Gasteiger partial charge in [0.1, 0.15) is 5.75 Å². The van der Waals surface area contributed by atoms with Crippen LogP contribution in [-0.4, -0.2) is 38.6 Å². The number of carbonyl (C=O) groups is 1. The van der Waals surface area contributed by atoms with Crippen molar-refractivity contribution in [3.8, 4) is 5.75 Å². The van der Waals surface area contributed by atoms with Crippen LogP contribution in [0.2, 0.25) is 0 Å². The molecule has 0 saturated carbocycles. The Bertz CT molecular complexity index is 678. The highest BCUT2D eigenvalue weighted by Crippen LogP contribution is 2.23.